The number of nitrogens with zero attached hydrogens (tertiary/aromatic N) is 1. The minimum absolute atomic E-state index is 0.749. The van der Waals surface area contributed by atoms with Crippen molar-refractivity contribution in [2.75, 3.05) is 39.5 Å². The fraction of sp³-hybridized carbons (Fsp3) is 1.00. The molecule has 0 saturated carbocycles. The maximum atomic E-state index is 6.00. The molecule has 0 bridgehead atoms. The molecule has 0 saturated heterocycles. The van der Waals surface area contributed by atoms with Crippen LogP contribution in [-0.4, -0.2) is 69.4 Å². The molecule has 0 radical (unpaired) electrons. The highest BCUT2D eigenvalue weighted by Gasteiger charge is 2.33. The minimum Gasteiger partial charge on any atom is -0.395 e. The Labute approximate surface area is 172 Å². The monoisotopic (exact) mass is 437 g/mol. The molecule has 164 valence electrons. The molecule has 0 fully saturated rings. The summed E-state index contributed by atoms with van der Waals surface area (Å²) in [5.41, 5.74) is 0. The van der Waals surface area contributed by atoms with Crippen LogP contribution in [0, 0.1) is 0 Å². The minimum atomic E-state index is -2.00. The third-order valence-corrected chi connectivity index (χ3v) is 13.3. The van der Waals surface area contributed by atoms with E-state index in [1.807, 2.05) is 0 Å². The first-order valence-corrected chi connectivity index (χ1v) is 19.4. The lowest BCUT2D eigenvalue weighted by Crippen LogP contribution is -2.48. The first-order valence-electron chi connectivity index (χ1n) is 10.9. The smallest absolute Gasteiger partial charge is 0.334 e. The molecule has 0 aliphatic carbocycles. The van der Waals surface area contributed by atoms with Gasteiger partial charge in [0.25, 0.3) is 0 Å². The molecule has 0 aliphatic heterocycles. The third kappa shape index (κ3) is 11.9. The van der Waals surface area contributed by atoms with Crippen molar-refractivity contribution in [2.24, 2.45) is 0 Å². The quantitative estimate of drug-likeness (QED) is 0.293. The van der Waals surface area contributed by atoms with Crippen molar-refractivity contribution in [1.82, 2.24) is 4.57 Å². The summed E-state index contributed by atoms with van der Waals surface area (Å²) in [6, 6.07) is 2.14. The van der Waals surface area contributed by atoms with Crippen LogP contribution in [0.5, 0.6) is 0 Å². The lowest BCUT2D eigenvalue weighted by Gasteiger charge is -2.36. The summed E-state index contributed by atoms with van der Waals surface area (Å²) in [7, 11) is -5.36. The predicted molar refractivity (Wildman–Crippen MR) is 124 cm³/mol. The third-order valence-electron chi connectivity index (χ3n) is 4.87. The van der Waals surface area contributed by atoms with Gasteiger partial charge in [-0.1, -0.05) is 19.6 Å². The highest BCUT2D eigenvalue weighted by Crippen LogP contribution is 2.21. The van der Waals surface area contributed by atoms with Gasteiger partial charge in [-0.25, -0.2) is 0 Å². The lowest BCUT2D eigenvalue weighted by molar-refractivity contribution is 0.186. The van der Waals surface area contributed by atoms with Crippen molar-refractivity contribution < 1.29 is 17.7 Å². The summed E-state index contributed by atoms with van der Waals surface area (Å²) in [5.74, 6) is 0. The Bertz CT molecular complexity index is 340. The molecule has 0 aromatic heterocycles. The van der Waals surface area contributed by atoms with Crippen molar-refractivity contribution in [2.45, 2.75) is 85.4 Å². The zero-order valence-corrected chi connectivity index (χ0v) is 22.7. The van der Waals surface area contributed by atoms with Crippen molar-refractivity contribution in [3.63, 3.8) is 0 Å². The summed E-state index contributed by atoms with van der Waals surface area (Å²) in [6.45, 7) is 25.3. The molecule has 0 atom stereocenters. The standard InChI is InChI=1S/C19H47NO4Si3/c1-10-21-26(8,22-11-2)18-14-16-20(25(5,6)7)17-15-19-27(9,23-12-3)24-13-4/h10-19H2,1-9H3. The Hall–Kier alpha value is 0.451. The molecular formula is C19H47NO4Si3. The second kappa shape index (κ2) is 13.6. The topological polar surface area (TPSA) is 40.2 Å². The Morgan fingerprint density at radius 1 is 0.556 bits per heavy atom. The van der Waals surface area contributed by atoms with Crippen LogP contribution in [-0.2, 0) is 17.7 Å². The molecule has 0 N–H and O–H groups in total. The summed E-state index contributed by atoms with van der Waals surface area (Å²) < 4.78 is 26.7. The molecule has 0 spiro atoms. The zero-order valence-electron chi connectivity index (χ0n) is 19.7. The van der Waals surface area contributed by atoms with E-state index in [4.69, 9.17) is 17.7 Å². The number of hydrogen-bond acceptors (Lipinski definition) is 5. The van der Waals surface area contributed by atoms with Gasteiger partial charge in [0.1, 0.15) is 8.24 Å². The molecule has 27 heavy (non-hydrogen) atoms. The first-order chi connectivity index (χ1) is 12.6. The van der Waals surface area contributed by atoms with E-state index >= 15 is 0 Å². The van der Waals surface area contributed by atoms with Crippen LogP contribution >= 0.6 is 0 Å². The van der Waals surface area contributed by atoms with E-state index in [0.717, 1.165) is 64.4 Å². The fourth-order valence-electron chi connectivity index (χ4n) is 3.56. The molecule has 0 heterocycles. The Morgan fingerprint density at radius 3 is 1.07 bits per heavy atom. The summed E-state index contributed by atoms with van der Waals surface area (Å²) in [5, 5.41) is 0. The van der Waals surface area contributed by atoms with Crippen LogP contribution in [0.3, 0.4) is 0 Å². The normalized spacial score (nSPS) is 13.6. The Kier molecular flexibility index (Phi) is 13.9. The van der Waals surface area contributed by atoms with E-state index in [2.05, 4.69) is 65.0 Å². The van der Waals surface area contributed by atoms with Crippen molar-refractivity contribution >= 4 is 25.4 Å². The average Bonchev–Trinajstić information content (AvgIpc) is 2.53. The maximum Gasteiger partial charge on any atom is 0.334 e. The average molecular weight is 438 g/mol. The second-order valence-electron chi connectivity index (χ2n) is 8.36. The number of rotatable bonds is 17. The molecule has 0 amide bonds. The largest absolute Gasteiger partial charge is 0.395 e. The van der Waals surface area contributed by atoms with Gasteiger partial charge < -0.3 is 22.3 Å². The molecule has 0 rings (SSSR count). The van der Waals surface area contributed by atoms with Gasteiger partial charge in [0.05, 0.1) is 0 Å². The van der Waals surface area contributed by atoms with Gasteiger partial charge >= 0.3 is 17.1 Å². The lowest BCUT2D eigenvalue weighted by atomic mass is 10.4. The highest BCUT2D eigenvalue weighted by atomic mass is 28.4. The molecule has 0 unspecified atom stereocenters. The maximum absolute atomic E-state index is 6.00. The SMILES string of the molecule is CCO[Si](C)(CCCN(CCC[Si](C)(OCC)OCC)[Si](C)(C)C)OCC. The predicted octanol–water partition coefficient (Wildman–Crippen LogP) is 5.19. The summed E-state index contributed by atoms with van der Waals surface area (Å²) >= 11 is 0. The van der Waals surface area contributed by atoms with E-state index in [-0.39, 0.29) is 0 Å². The van der Waals surface area contributed by atoms with Crippen LogP contribution in [0.15, 0.2) is 0 Å². The van der Waals surface area contributed by atoms with Crippen LogP contribution in [0.25, 0.3) is 0 Å². The molecular weight excluding hydrogens is 390 g/mol. The van der Waals surface area contributed by atoms with Crippen LogP contribution < -0.4 is 0 Å². The van der Waals surface area contributed by atoms with E-state index < -0.39 is 25.4 Å². The summed E-state index contributed by atoms with van der Waals surface area (Å²) in [6.07, 6.45) is 2.30. The Morgan fingerprint density at radius 2 is 0.852 bits per heavy atom. The van der Waals surface area contributed by atoms with Crippen LogP contribution in [0.4, 0.5) is 0 Å². The molecule has 0 aromatic carbocycles. The molecule has 0 aromatic rings. The fourth-order valence-corrected chi connectivity index (χ4v) is 10.0. The van der Waals surface area contributed by atoms with E-state index in [1.165, 1.54) is 0 Å². The summed E-state index contributed by atoms with van der Waals surface area (Å²) in [4.78, 5) is 0. The van der Waals surface area contributed by atoms with E-state index in [1.54, 1.807) is 0 Å². The first kappa shape index (κ1) is 27.5. The van der Waals surface area contributed by atoms with Gasteiger partial charge in [-0.15, -0.1) is 0 Å². The van der Waals surface area contributed by atoms with Crippen molar-refractivity contribution in [1.29, 1.82) is 0 Å². The zero-order chi connectivity index (χ0) is 21.0. The van der Waals surface area contributed by atoms with Gasteiger partial charge in [-0.2, -0.15) is 0 Å². The van der Waals surface area contributed by atoms with Crippen molar-refractivity contribution in [3.8, 4) is 0 Å². The van der Waals surface area contributed by atoms with Gasteiger partial charge in [0.2, 0.25) is 0 Å². The van der Waals surface area contributed by atoms with Crippen LogP contribution in [0.2, 0.25) is 44.8 Å². The number of hydrogen-bond donors (Lipinski definition) is 0. The molecule has 0 aliphatic rings. The van der Waals surface area contributed by atoms with E-state index in [9.17, 15) is 0 Å². The van der Waals surface area contributed by atoms with Crippen LogP contribution in [0.1, 0.15) is 40.5 Å². The van der Waals surface area contributed by atoms with Gasteiger partial charge in [-0.05, 0) is 78.8 Å². The molecule has 8 heteroatoms. The van der Waals surface area contributed by atoms with Gasteiger partial charge in [-0.3, -0.25) is 0 Å². The second-order valence-corrected chi connectivity index (χ2v) is 20.0. The van der Waals surface area contributed by atoms with E-state index in [0.29, 0.717) is 0 Å². The van der Waals surface area contributed by atoms with Crippen molar-refractivity contribution in [3.05, 3.63) is 0 Å². The van der Waals surface area contributed by atoms with Gasteiger partial charge in [0, 0.05) is 26.4 Å². The highest BCUT2D eigenvalue weighted by molar-refractivity contribution is 6.73. The Balaban J connectivity index is 4.64. The van der Waals surface area contributed by atoms with Gasteiger partial charge in [0.15, 0.2) is 0 Å². The molecule has 5 nitrogen and oxygen atoms in total.